The monoisotopic (exact) mass is 339 g/mol. The van der Waals surface area contributed by atoms with Gasteiger partial charge in [-0.2, -0.15) is 0 Å². The molecule has 0 bridgehead atoms. The van der Waals surface area contributed by atoms with Crippen LogP contribution in [0.5, 0.6) is 5.75 Å². The molecule has 1 saturated heterocycles. The van der Waals surface area contributed by atoms with Crippen molar-refractivity contribution in [3.8, 4) is 17.0 Å². The van der Waals surface area contributed by atoms with Gasteiger partial charge >= 0.3 is 0 Å². The lowest BCUT2D eigenvalue weighted by Crippen LogP contribution is -2.37. The van der Waals surface area contributed by atoms with Gasteiger partial charge in [-0.05, 0) is 18.2 Å². The zero-order valence-corrected chi connectivity index (χ0v) is 14.5. The second-order valence-electron chi connectivity index (χ2n) is 6.35. The number of aromatic nitrogens is 1. The molecular weight excluding hydrogens is 318 g/mol. The predicted octanol–water partition coefficient (Wildman–Crippen LogP) is 2.18. The van der Waals surface area contributed by atoms with E-state index in [9.17, 15) is 4.79 Å². The Hall–Kier alpha value is -2.60. The molecule has 2 aliphatic heterocycles. The fourth-order valence-electron chi connectivity index (χ4n) is 3.39. The third-order valence-corrected chi connectivity index (χ3v) is 4.76. The van der Waals surface area contributed by atoms with Crippen LogP contribution < -0.4 is 9.64 Å². The lowest BCUT2D eigenvalue weighted by molar-refractivity contribution is 0.0816. The molecule has 0 atom stereocenters. The Labute approximate surface area is 147 Å². The number of ether oxygens (including phenoxy) is 2. The summed E-state index contributed by atoms with van der Waals surface area (Å²) in [7, 11) is 3.48. The van der Waals surface area contributed by atoms with Crippen LogP contribution >= 0.6 is 0 Å². The summed E-state index contributed by atoms with van der Waals surface area (Å²) in [4.78, 5) is 21.4. The van der Waals surface area contributed by atoms with Crippen molar-refractivity contribution in [1.82, 2.24) is 9.88 Å². The van der Waals surface area contributed by atoms with Crippen molar-refractivity contribution in [1.29, 1.82) is 0 Å². The summed E-state index contributed by atoms with van der Waals surface area (Å²) < 4.78 is 10.8. The van der Waals surface area contributed by atoms with Crippen LogP contribution in [0.1, 0.15) is 15.9 Å². The highest BCUT2D eigenvalue weighted by molar-refractivity contribution is 6.00. The SMILES string of the molecule is COc1cccc(-c2nc(N3CCOCC3)cc3c2CN(C)C3=O)c1. The van der Waals surface area contributed by atoms with Gasteiger partial charge in [-0.15, -0.1) is 0 Å². The third-order valence-electron chi connectivity index (χ3n) is 4.76. The number of morpholine rings is 1. The number of anilines is 1. The molecule has 0 unspecified atom stereocenters. The van der Waals surface area contributed by atoms with E-state index >= 15 is 0 Å². The molecule has 25 heavy (non-hydrogen) atoms. The number of nitrogens with zero attached hydrogens (tertiary/aromatic N) is 3. The molecule has 6 heteroatoms. The molecule has 6 nitrogen and oxygen atoms in total. The summed E-state index contributed by atoms with van der Waals surface area (Å²) in [5.74, 6) is 1.67. The summed E-state index contributed by atoms with van der Waals surface area (Å²) in [6, 6.07) is 9.76. The smallest absolute Gasteiger partial charge is 0.254 e. The summed E-state index contributed by atoms with van der Waals surface area (Å²) >= 11 is 0. The van der Waals surface area contributed by atoms with Crippen molar-refractivity contribution in [2.75, 3.05) is 45.4 Å². The maximum Gasteiger partial charge on any atom is 0.254 e. The summed E-state index contributed by atoms with van der Waals surface area (Å²) in [5, 5.41) is 0. The van der Waals surface area contributed by atoms with Gasteiger partial charge in [0.05, 0.1) is 31.6 Å². The van der Waals surface area contributed by atoms with Gasteiger partial charge in [-0.25, -0.2) is 4.98 Å². The Morgan fingerprint density at radius 2 is 2.00 bits per heavy atom. The quantitative estimate of drug-likeness (QED) is 0.858. The van der Waals surface area contributed by atoms with Gasteiger partial charge in [0.15, 0.2) is 0 Å². The first kappa shape index (κ1) is 15.9. The van der Waals surface area contributed by atoms with E-state index in [-0.39, 0.29) is 5.91 Å². The molecule has 0 radical (unpaired) electrons. The van der Waals surface area contributed by atoms with E-state index in [2.05, 4.69) is 4.90 Å². The molecule has 0 saturated carbocycles. The molecule has 0 spiro atoms. The molecule has 0 aliphatic carbocycles. The Morgan fingerprint density at radius 3 is 2.76 bits per heavy atom. The number of carbonyl (C=O) groups is 1. The predicted molar refractivity (Wildman–Crippen MR) is 95.1 cm³/mol. The van der Waals surface area contributed by atoms with Gasteiger partial charge in [0, 0.05) is 37.8 Å². The zero-order valence-electron chi connectivity index (χ0n) is 14.5. The van der Waals surface area contributed by atoms with Gasteiger partial charge in [0.1, 0.15) is 11.6 Å². The molecule has 130 valence electrons. The van der Waals surface area contributed by atoms with Crippen molar-refractivity contribution in [3.05, 3.63) is 41.5 Å². The van der Waals surface area contributed by atoms with Gasteiger partial charge in [-0.1, -0.05) is 12.1 Å². The Morgan fingerprint density at radius 1 is 1.20 bits per heavy atom. The molecule has 1 aromatic carbocycles. The maximum atomic E-state index is 12.6. The van der Waals surface area contributed by atoms with Gasteiger partial charge in [-0.3, -0.25) is 4.79 Å². The molecule has 1 fully saturated rings. The fourth-order valence-corrected chi connectivity index (χ4v) is 3.39. The number of amides is 1. The van der Waals surface area contributed by atoms with Gasteiger partial charge < -0.3 is 19.3 Å². The second kappa shape index (κ2) is 6.37. The lowest BCUT2D eigenvalue weighted by atomic mass is 10.0. The van der Waals surface area contributed by atoms with Crippen LogP contribution in [0.2, 0.25) is 0 Å². The van der Waals surface area contributed by atoms with Gasteiger partial charge in [0.2, 0.25) is 0 Å². The van der Waals surface area contributed by atoms with E-state index in [4.69, 9.17) is 14.5 Å². The summed E-state index contributed by atoms with van der Waals surface area (Å²) in [6.45, 7) is 3.51. The van der Waals surface area contributed by atoms with Crippen LogP contribution in [0.15, 0.2) is 30.3 Å². The molecule has 1 aromatic heterocycles. The fraction of sp³-hybridized carbons (Fsp3) is 0.368. The molecule has 0 N–H and O–H groups in total. The second-order valence-corrected chi connectivity index (χ2v) is 6.35. The van der Waals surface area contributed by atoms with E-state index in [1.54, 1.807) is 12.0 Å². The first-order chi connectivity index (χ1) is 12.2. The zero-order chi connectivity index (χ0) is 17.4. The number of hydrogen-bond donors (Lipinski definition) is 0. The molecule has 1 amide bonds. The molecule has 2 aromatic rings. The van der Waals surface area contributed by atoms with Crippen LogP contribution in [0, 0.1) is 0 Å². The number of hydrogen-bond acceptors (Lipinski definition) is 5. The van der Waals surface area contributed by atoms with E-state index < -0.39 is 0 Å². The minimum atomic E-state index is 0.0519. The minimum absolute atomic E-state index is 0.0519. The van der Waals surface area contributed by atoms with Crippen molar-refractivity contribution in [2.24, 2.45) is 0 Å². The number of fused-ring (bicyclic) bond motifs is 1. The van der Waals surface area contributed by atoms with Crippen molar-refractivity contribution in [3.63, 3.8) is 0 Å². The molecule has 3 heterocycles. The Balaban J connectivity index is 1.85. The van der Waals surface area contributed by atoms with E-state index in [1.165, 1.54) is 0 Å². The average molecular weight is 339 g/mol. The van der Waals surface area contributed by atoms with Crippen LogP contribution in [0.4, 0.5) is 5.82 Å². The highest BCUT2D eigenvalue weighted by Crippen LogP contribution is 2.35. The van der Waals surface area contributed by atoms with Crippen LogP contribution in [-0.2, 0) is 11.3 Å². The average Bonchev–Trinajstić information content (AvgIpc) is 2.96. The standard InChI is InChI=1S/C19H21N3O3/c1-21-12-16-15(19(21)23)11-17(22-6-8-25-9-7-22)20-18(16)13-4-3-5-14(10-13)24-2/h3-5,10-11H,6-9,12H2,1-2H3. The molecule has 4 rings (SSSR count). The summed E-state index contributed by atoms with van der Waals surface area (Å²) in [6.07, 6.45) is 0. The van der Waals surface area contributed by atoms with E-state index in [0.717, 1.165) is 47.0 Å². The first-order valence-corrected chi connectivity index (χ1v) is 8.44. The number of carbonyl (C=O) groups excluding carboxylic acids is 1. The maximum absolute atomic E-state index is 12.6. The van der Waals surface area contributed by atoms with Crippen LogP contribution in [0.25, 0.3) is 11.3 Å². The minimum Gasteiger partial charge on any atom is -0.497 e. The normalized spacial score (nSPS) is 17.0. The van der Waals surface area contributed by atoms with Crippen LogP contribution in [0.3, 0.4) is 0 Å². The molecular formula is C19H21N3O3. The van der Waals surface area contributed by atoms with Crippen molar-refractivity contribution < 1.29 is 14.3 Å². The van der Waals surface area contributed by atoms with Crippen molar-refractivity contribution >= 4 is 11.7 Å². The summed E-state index contributed by atoms with van der Waals surface area (Å²) in [5.41, 5.74) is 3.55. The first-order valence-electron chi connectivity index (χ1n) is 8.44. The van der Waals surface area contributed by atoms with E-state index in [0.29, 0.717) is 19.8 Å². The third kappa shape index (κ3) is 2.82. The van der Waals surface area contributed by atoms with E-state index in [1.807, 2.05) is 37.4 Å². The highest BCUT2D eigenvalue weighted by atomic mass is 16.5. The number of rotatable bonds is 3. The molecule has 2 aliphatic rings. The lowest BCUT2D eigenvalue weighted by Gasteiger charge is -2.28. The number of pyridine rings is 1. The van der Waals surface area contributed by atoms with Gasteiger partial charge in [0.25, 0.3) is 5.91 Å². The topological polar surface area (TPSA) is 54.9 Å². The largest absolute Gasteiger partial charge is 0.497 e. The van der Waals surface area contributed by atoms with Crippen LogP contribution in [-0.4, -0.2) is 56.3 Å². The Kier molecular flexibility index (Phi) is 4.05. The van der Waals surface area contributed by atoms with Crippen molar-refractivity contribution in [2.45, 2.75) is 6.54 Å². The number of benzene rings is 1. The Bertz CT molecular complexity index is 816. The highest BCUT2D eigenvalue weighted by Gasteiger charge is 2.30. The number of methoxy groups -OCH3 is 1.